The summed E-state index contributed by atoms with van der Waals surface area (Å²) in [7, 11) is 0. The molecule has 4 nitrogen and oxygen atoms in total. The molecule has 102 valence electrons. The highest BCUT2D eigenvalue weighted by Gasteiger charge is 2.23. The predicted molar refractivity (Wildman–Crippen MR) is 72.4 cm³/mol. The molecular formula is C14H24N2O2. The molecule has 1 aromatic rings. The van der Waals surface area contributed by atoms with Crippen LogP contribution in [0.5, 0.6) is 5.75 Å². The van der Waals surface area contributed by atoms with Crippen molar-refractivity contribution in [2.75, 3.05) is 6.61 Å². The summed E-state index contributed by atoms with van der Waals surface area (Å²) in [5.74, 6) is 0.213. The Morgan fingerprint density at radius 3 is 2.56 bits per heavy atom. The highest BCUT2D eigenvalue weighted by molar-refractivity contribution is 5.27. The number of hydrogen-bond donors (Lipinski definition) is 3. The number of pyridine rings is 1. The maximum Gasteiger partial charge on any atom is 0.138 e. The molecule has 0 aliphatic carbocycles. The fourth-order valence-corrected chi connectivity index (χ4v) is 1.92. The fraction of sp³-hybridized carbons (Fsp3) is 0.643. The Kier molecular flexibility index (Phi) is 5.11. The van der Waals surface area contributed by atoms with Crippen molar-refractivity contribution in [1.82, 2.24) is 10.3 Å². The van der Waals surface area contributed by atoms with E-state index in [9.17, 15) is 5.11 Å². The van der Waals surface area contributed by atoms with Gasteiger partial charge in [-0.05, 0) is 30.9 Å². The summed E-state index contributed by atoms with van der Waals surface area (Å²) in [5, 5.41) is 22.2. The Labute approximate surface area is 109 Å². The second-order valence-corrected chi connectivity index (χ2v) is 5.73. The number of aryl methyl sites for hydroxylation is 1. The molecule has 1 rings (SSSR count). The van der Waals surface area contributed by atoms with E-state index in [4.69, 9.17) is 5.11 Å². The van der Waals surface area contributed by atoms with Gasteiger partial charge in [0, 0.05) is 24.9 Å². The van der Waals surface area contributed by atoms with E-state index in [1.54, 1.807) is 12.1 Å². The van der Waals surface area contributed by atoms with Crippen LogP contribution in [0.15, 0.2) is 12.1 Å². The molecule has 4 heteroatoms. The number of aromatic hydroxyl groups is 1. The van der Waals surface area contributed by atoms with Gasteiger partial charge in [0.25, 0.3) is 0 Å². The lowest BCUT2D eigenvalue weighted by molar-refractivity contribution is 0.195. The molecule has 1 aromatic heterocycles. The normalized spacial score (nSPS) is 13.6. The van der Waals surface area contributed by atoms with Crippen LogP contribution in [-0.2, 0) is 6.54 Å². The number of aliphatic hydroxyl groups is 1. The van der Waals surface area contributed by atoms with Crippen molar-refractivity contribution in [3.05, 3.63) is 23.5 Å². The smallest absolute Gasteiger partial charge is 0.138 e. The third-order valence-electron chi connectivity index (χ3n) is 3.07. The highest BCUT2D eigenvalue weighted by atomic mass is 16.3. The molecule has 0 fully saturated rings. The summed E-state index contributed by atoms with van der Waals surface area (Å²) in [4.78, 5) is 4.31. The largest absolute Gasteiger partial charge is 0.506 e. The summed E-state index contributed by atoms with van der Waals surface area (Å²) >= 11 is 0. The third kappa shape index (κ3) is 4.27. The highest BCUT2D eigenvalue weighted by Crippen LogP contribution is 2.23. The van der Waals surface area contributed by atoms with Gasteiger partial charge in [0.05, 0.1) is 5.69 Å². The summed E-state index contributed by atoms with van der Waals surface area (Å²) in [6.07, 6.45) is 0.691. The molecule has 0 aromatic carbocycles. The molecule has 0 amide bonds. The maximum absolute atomic E-state index is 9.73. The number of aliphatic hydroxyl groups excluding tert-OH is 1. The zero-order valence-corrected chi connectivity index (χ0v) is 11.7. The van der Waals surface area contributed by atoms with Crippen molar-refractivity contribution in [2.24, 2.45) is 5.41 Å². The van der Waals surface area contributed by atoms with Crippen LogP contribution in [0, 0.1) is 12.3 Å². The van der Waals surface area contributed by atoms with Gasteiger partial charge in [0.1, 0.15) is 5.75 Å². The van der Waals surface area contributed by atoms with Gasteiger partial charge in [-0.25, -0.2) is 0 Å². The number of aromatic nitrogens is 1. The first-order valence-electron chi connectivity index (χ1n) is 6.34. The van der Waals surface area contributed by atoms with E-state index in [0.717, 1.165) is 5.69 Å². The number of rotatable bonds is 5. The quantitative estimate of drug-likeness (QED) is 0.749. The minimum atomic E-state index is 0.0577. The minimum Gasteiger partial charge on any atom is -0.506 e. The summed E-state index contributed by atoms with van der Waals surface area (Å²) in [6.45, 7) is 8.95. The van der Waals surface area contributed by atoms with Crippen LogP contribution >= 0.6 is 0 Å². The first kappa shape index (κ1) is 14.9. The van der Waals surface area contributed by atoms with Crippen LogP contribution in [0.2, 0.25) is 0 Å². The van der Waals surface area contributed by atoms with E-state index in [1.165, 1.54) is 0 Å². The van der Waals surface area contributed by atoms with Gasteiger partial charge in [-0.1, -0.05) is 20.8 Å². The SMILES string of the molecule is Cc1ccc(O)c(CNC(CCO)C(C)(C)C)n1. The second kappa shape index (κ2) is 6.16. The minimum absolute atomic E-state index is 0.0577. The van der Waals surface area contributed by atoms with Crippen LogP contribution in [-0.4, -0.2) is 27.8 Å². The maximum atomic E-state index is 9.73. The Morgan fingerprint density at radius 2 is 2.00 bits per heavy atom. The number of hydrogen-bond acceptors (Lipinski definition) is 4. The Hall–Kier alpha value is -1.13. The Bertz CT molecular complexity index is 386. The molecule has 0 radical (unpaired) electrons. The van der Waals surface area contributed by atoms with E-state index in [2.05, 4.69) is 31.1 Å². The first-order valence-corrected chi connectivity index (χ1v) is 6.34. The second-order valence-electron chi connectivity index (χ2n) is 5.73. The van der Waals surface area contributed by atoms with E-state index >= 15 is 0 Å². The van der Waals surface area contributed by atoms with Gasteiger partial charge in [-0.2, -0.15) is 0 Å². The zero-order chi connectivity index (χ0) is 13.8. The van der Waals surface area contributed by atoms with Crippen LogP contribution in [0.4, 0.5) is 0 Å². The van der Waals surface area contributed by atoms with Crippen LogP contribution in [0.25, 0.3) is 0 Å². The average Bonchev–Trinajstić information content (AvgIpc) is 2.27. The lowest BCUT2D eigenvalue weighted by Crippen LogP contribution is -2.40. The average molecular weight is 252 g/mol. The van der Waals surface area contributed by atoms with Crippen LogP contribution < -0.4 is 5.32 Å². The molecule has 1 atom stereocenters. The standard InChI is InChI=1S/C14H24N2O2/c1-10-5-6-12(18)11(16-10)9-15-13(7-8-17)14(2,3)4/h5-6,13,15,17-18H,7-9H2,1-4H3. The molecule has 0 spiro atoms. The molecule has 0 aliphatic heterocycles. The molecule has 0 bridgehead atoms. The van der Waals surface area contributed by atoms with Crippen molar-refractivity contribution in [1.29, 1.82) is 0 Å². The van der Waals surface area contributed by atoms with E-state index in [-0.39, 0.29) is 23.8 Å². The fourth-order valence-electron chi connectivity index (χ4n) is 1.92. The van der Waals surface area contributed by atoms with Crippen LogP contribution in [0.1, 0.15) is 38.6 Å². The monoisotopic (exact) mass is 252 g/mol. The Balaban J connectivity index is 2.70. The number of nitrogens with one attached hydrogen (secondary N) is 1. The predicted octanol–water partition coefficient (Wildman–Crippen LogP) is 1.98. The van der Waals surface area contributed by atoms with Crippen LogP contribution in [0.3, 0.4) is 0 Å². The molecule has 1 heterocycles. The molecular weight excluding hydrogens is 228 g/mol. The number of nitrogens with zero attached hydrogens (tertiary/aromatic N) is 1. The van der Waals surface area contributed by atoms with Crippen molar-refractivity contribution in [3.63, 3.8) is 0 Å². The van der Waals surface area contributed by atoms with Gasteiger partial charge in [-0.3, -0.25) is 4.98 Å². The van der Waals surface area contributed by atoms with E-state index in [0.29, 0.717) is 18.7 Å². The van der Waals surface area contributed by atoms with Gasteiger partial charge in [0.2, 0.25) is 0 Å². The zero-order valence-electron chi connectivity index (χ0n) is 11.7. The lowest BCUT2D eigenvalue weighted by Gasteiger charge is -2.31. The van der Waals surface area contributed by atoms with Gasteiger partial charge in [-0.15, -0.1) is 0 Å². The summed E-state index contributed by atoms with van der Waals surface area (Å²) < 4.78 is 0. The van der Waals surface area contributed by atoms with E-state index in [1.807, 2.05) is 6.92 Å². The molecule has 0 aliphatic rings. The topological polar surface area (TPSA) is 65.4 Å². The van der Waals surface area contributed by atoms with Crippen molar-refractivity contribution in [2.45, 2.75) is 46.7 Å². The lowest BCUT2D eigenvalue weighted by atomic mass is 9.85. The molecule has 0 saturated carbocycles. The molecule has 3 N–H and O–H groups in total. The molecule has 1 unspecified atom stereocenters. The third-order valence-corrected chi connectivity index (χ3v) is 3.07. The van der Waals surface area contributed by atoms with Gasteiger partial charge < -0.3 is 15.5 Å². The molecule has 18 heavy (non-hydrogen) atoms. The summed E-state index contributed by atoms with van der Waals surface area (Å²) in [6, 6.07) is 3.63. The first-order chi connectivity index (χ1) is 8.34. The van der Waals surface area contributed by atoms with Gasteiger partial charge >= 0.3 is 0 Å². The molecule has 0 saturated heterocycles. The van der Waals surface area contributed by atoms with Crippen molar-refractivity contribution >= 4 is 0 Å². The van der Waals surface area contributed by atoms with E-state index < -0.39 is 0 Å². The van der Waals surface area contributed by atoms with Crippen molar-refractivity contribution in [3.8, 4) is 5.75 Å². The Morgan fingerprint density at radius 1 is 1.33 bits per heavy atom. The van der Waals surface area contributed by atoms with Crippen molar-refractivity contribution < 1.29 is 10.2 Å². The van der Waals surface area contributed by atoms with Gasteiger partial charge in [0.15, 0.2) is 0 Å². The summed E-state index contributed by atoms with van der Waals surface area (Å²) in [5.41, 5.74) is 1.60.